The predicted molar refractivity (Wildman–Crippen MR) is 86.6 cm³/mol. The van der Waals surface area contributed by atoms with Crippen molar-refractivity contribution in [3.63, 3.8) is 0 Å². The number of alkyl halides is 6. The van der Waals surface area contributed by atoms with Gasteiger partial charge in [0.15, 0.2) is 0 Å². The number of allylic oxidation sites excluding steroid dienone is 1. The third kappa shape index (κ3) is 5.55. The molecule has 2 rings (SSSR count). The molecule has 0 fully saturated rings. The number of nitriles is 2. The van der Waals surface area contributed by atoms with Crippen LogP contribution in [-0.4, -0.2) is 12.7 Å². The Labute approximate surface area is 155 Å². The van der Waals surface area contributed by atoms with Crippen molar-refractivity contribution in [2.45, 2.75) is 18.9 Å². The third-order valence-electron chi connectivity index (χ3n) is 3.52. The van der Waals surface area contributed by atoms with Gasteiger partial charge in [-0.3, -0.25) is 0 Å². The van der Waals surface area contributed by atoms with Crippen LogP contribution in [0.3, 0.4) is 0 Å². The van der Waals surface area contributed by atoms with Gasteiger partial charge in [-0.05, 0) is 36.4 Å². The van der Waals surface area contributed by atoms with Crippen LogP contribution in [0, 0.1) is 22.7 Å². The van der Waals surface area contributed by atoms with Crippen LogP contribution >= 0.6 is 0 Å². The van der Waals surface area contributed by atoms with E-state index < -0.39 is 36.6 Å². The largest absolute Gasteiger partial charge is 0.460 e. The van der Waals surface area contributed by atoms with E-state index in [1.54, 1.807) is 6.07 Å². The number of rotatable bonds is 5. The van der Waals surface area contributed by atoms with Gasteiger partial charge in [0.1, 0.15) is 18.1 Å². The summed E-state index contributed by atoms with van der Waals surface area (Å²) in [4.78, 5) is 0.660. The zero-order valence-corrected chi connectivity index (χ0v) is 14.0. The summed E-state index contributed by atoms with van der Waals surface area (Å²) in [5.41, 5.74) is -2.38. The maximum Gasteiger partial charge on any atom is 0.417 e. The zero-order chi connectivity index (χ0) is 20.9. The molecule has 0 bridgehead atoms. The predicted octanol–water partition coefficient (Wildman–Crippen LogP) is 5.28. The molecule has 0 aliphatic carbocycles. The van der Waals surface area contributed by atoms with Crippen LogP contribution in [0.5, 0.6) is 0 Å². The average molecular weight is 399 g/mol. The molecule has 0 unspecified atom stereocenters. The number of benzene rings is 1. The van der Waals surface area contributed by atoms with E-state index >= 15 is 0 Å². The van der Waals surface area contributed by atoms with Gasteiger partial charge in [0.25, 0.3) is 0 Å². The molecule has 146 valence electrons. The van der Waals surface area contributed by atoms with E-state index in [9.17, 15) is 26.3 Å². The first-order chi connectivity index (χ1) is 13.0. The van der Waals surface area contributed by atoms with Gasteiger partial charge in [0, 0.05) is 11.8 Å². The molecule has 2 aromatic rings. The lowest BCUT2D eigenvalue weighted by molar-refractivity contribution is -0.137. The van der Waals surface area contributed by atoms with Gasteiger partial charge in [-0.25, -0.2) is 0 Å². The second kappa shape index (κ2) is 8.09. The van der Waals surface area contributed by atoms with Gasteiger partial charge >= 0.3 is 12.4 Å². The van der Waals surface area contributed by atoms with Crippen LogP contribution in [-0.2, 0) is 12.7 Å². The Morgan fingerprint density at radius 3 is 2.32 bits per heavy atom. The summed E-state index contributed by atoms with van der Waals surface area (Å²) in [7, 11) is 0. The Hall–Kier alpha value is -3.40. The Balaban J connectivity index is 2.41. The minimum absolute atomic E-state index is 0.0553. The summed E-state index contributed by atoms with van der Waals surface area (Å²) in [6.07, 6.45) is -7.19. The third-order valence-corrected chi connectivity index (χ3v) is 3.52. The molecule has 0 spiro atoms. The monoisotopic (exact) mass is 399 g/mol. The van der Waals surface area contributed by atoms with Gasteiger partial charge in [-0.1, -0.05) is 0 Å². The van der Waals surface area contributed by atoms with Gasteiger partial charge in [-0.15, -0.1) is 0 Å². The highest BCUT2D eigenvalue weighted by Gasteiger charge is 2.36. The van der Waals surface area contributed by atoms with Crippen molar-refractivity contribution < 1.29 is 30.8 Å². The first-order valence-electron chi connectivity index (χ1n) is 7.61. The van der Waals surface area contributed by atoms with Gasteiger partial charge < -0.3 is 9.32 Å². The fourth-order valence-electron chi connectivity index (χ4n) is 2.39. The van der Waals surface area contributed by atoms with E-state index in [1.807, 2.05) is 0 Å². The van der Waals surface area contributed by atoms with E-state index in [4.69, 9.17) is 14.9 Å². The Morgan fingerprint density at radius 2 is 1.75 bits per heavy atom. The Morgan fingerprint density at radius 1 is 1.04 bits per heavy atom. The van der Waals surface area contributed by atoms with Crippen LogP contribution in [0.15, 0.2) is 40.8 Å². The van der Waals surface area contributed by atoms with Crippen molar-refractivity contribution in [3.8, 4) is 12.1 Å². The smallest absolute Gasteiger partial charge is 0.417 e. The maximum absolute atomic E-state index is 13.1. The molecule has 0 N–H and O–H groups in total. The number of hydrogen-bond acceptors (Lipinski definition) is 4. The van der Waals surface area contributed by atoms with Crippen LogP contribution in [0.1, 0.15) is 22.6 Å². The average Bonchev–Trinajstić information content (AvgIpc) is 3.04. The number of anilines is 1. The number of hydrogen-bond donors (Lipinski definition) is 0. The summed E-state index contributed by atoms with van der Waals surface area (Å²) in [6, 6.07) is 8.21. The fourth-order valence-corrected chi connectivity index (χ4v) is 2.39. The Bertz CT molecular complexity index is 944. The fraction of sp³-hybridized carbons (Fsp3) is 0.222. The van der Waals surface area contributed by atoms with Crippen LogP contribution in [0.4, 0.5) is 32.0 Å². The summed E-state index contributed by atoms with van der Waals surface area (Å²) >= 11 is 0. The van der Waals surface area contributed by atoms with Crippen molar-refractivity contribution in [2.75, 3.05) is 11.4 Å². The second-order valence-corrected chi connectivity index (χ2v) is 5.58. The molecule has 1 aromatic heterocycles. The molecule has 4 nitrogen and oxygen atoms in total. The first kappa shape index (κ1) is 20.9. The molecule has 0 saturated heterocycles. The highest BCUT2D eigenvalue weighted by molar-refractivity contribution is 5.55. The van der Waals surface area contributed by atoms with Crippen LogP contribution in [0.25, 0.3) is 6.08 Å². The summed E-state index contributed by atoms with van der Waals surface area (Å²) < 4.78 is 83.5. The van der Waals surface area contributed by atoms with Crippen LogP contribution < -0.4 is 4.90 Å². The second-order valence-electron chi connectivity index (χ2n) is 5.58. The van der Waals surface area contributed by atoms with Gasteiger partial charge in [0.05, 0.1) is 29.8 Å². The lowest BCUT2D eigenvalue weighted by atomic mass is 10.1. The van der Waals surface area contributed by atoms with E-state index in [-0.39, 0.29) is 17.2 Å². The van der Waals surface area contributed by atoms with Crippen molar-refractivity contribution in [1.82, 2.24) is 0 Å². The quantitative estimate of drug-likeness (QED) is 0.507. The maximum atomic E-state index is 13.1. The minimum Gasteiger partial charge on any atom is -0.460 e. The summed E-state index contributed by atoms with van der Waals surface area (Å²) in [5, 5.41) is 17.3. The Kier molecular flexibility index (Phi) is 6.04. The standard InChI is InChI=1S/C18H11F6N3O/c19-17(20,21)11-27(10-15-6-5-14(28-15)2-1-7-25)13-4-3-12(9-26)16(8-13)18(22,23)24/h1-6,8H,10-11H2. The van der Waals surface area contributed by atoms with Crippen LogP contribution in [0.2, 0.25) is 0 Å². The van der Waals surface area contributed by atoms with E-state index in [0.29, 0.717) is 11.0 Å². The van der Waals surface area contributed by atoms with Crippen molar-refractivity contribution in [2.24, 2.45) is 0 Å². The van der Waals surface area contributed by atoms with E-state index in [0.717, 1.165) is 18.2 Å². The van der Waals surface area contributed by atoms with Crippen molar-refractivity contribution in [3.05, 3.63) is 59.1 Å². The van der Waals surface area contributed by atoms with E-state index in [1.165, 1.54) is 24.3 Å². The number of furan rings is 1. The number of halogens is 6. The molecule has 28 heavy (non-hydrogen) atoms. The highest BCUT2D eigenvalue weighted by atomic mass is 19.4. The zero-order valence-electron chi connectivity index (χ0n) is 14.0. The molecule has 0 amide bonds. The first-order valence-corrected chi connectivity index (χ1v) is 7.61. The molecule has 0 aliphatic rings. The molecule has 0 atom stereocenters. The minimum atomic E-state index is -4.90. The van der Waals surface area contributed by atoms with Gasteiger partial charge in [0.2, 0.25) is 0 Å². The van der Waals surface area contributed by atoms with E-state index in [2.05, 4.69) is 0 Å². The highest BCUT2D eigenvalue weighted by Crippen LogP contribution is 2.35. The molecular weight excluding hydrogens is 388 g/mol. The van der Waals surface area contributed by atoms with Crippen molar-refractivity contribution >= 4 is 11.8 Å². The number of nitrogens with zero attached hydrogens (tertiary/aromatic N) is 3. The lowest BCUT2D eigenvalue weighted by Gasteiger charge is -2.26. The molecular formula is C18H11F6N3O. The topological polar surface area (TPSA) is 64.0 Å². The molecule has 0 radical (unpaired) electrons. The van der Waals surface area contributed by atoms with Crippen molar-refractivity contribution in [1.29, 1.82) is 10.5 Å². The van der Waals surface area contributed by atoms with Gasteiger partial charge in [-0.2, -0.15) is 36.9 Å². The summed E-state index contributed by atoms with van der Waals surface area (Å²) in [5.74, 6) is 0.263. The SMILES string of the molecule is N#CC=Cc1ccc(CN(CC(F)(F)F)c2ccc(C#N)c(C(F)(F)F)c2)o1. The molecule has 1 aromatic carbocycles. The molecule has 1 heterocycles. The lowest BCUT2D eigenvalue weighted by Crippen LogP contribution is -2.34. The normalized spacial score (nSPS) is 12.0. The molecule has 10 heteroatoms. The molecule has 0 saturated carbocycles. The molecule has 0 aliphatic heterocycles. The summed E-state index contributed by atoms with van der Waals surface area (Å²) in [6.45, 7) is -2.00.